The van der Waals surface area contributed by atoms with Gasteiger partial charge in [0.25, 0.3) is 5.91 Å². The second-order valence-electron chi connectivity index (χ2n) is 5.20. The van der Waals surface area contributed by atoms with E-state index in [9.17, 15) is 4.79 Å². The van der Waals surface area contributed by atoms with Gasteiger partial charge in [0, 0.05) is 11.6 Å². The van der Waals surface area contributed by atoms with Crippen LogP contribution in [0.3, 0.4) is 0 Å². The summed E-state index contributed by atoms with van der Waals surface area (Å²) >= 11 is 7.50. The fourth-order valence-electron chi connectivity index (χ4n) is 2.64. The number of thiazole rings is 1. The molecule has 1 heterocycles. The Morgan fingerprint density at radius 2 is 2.04 bits per heavy atom. The number of fused-ring (bicyclic) bond motifs is 1. The average Bonchev–Trinajstić information content (AvgIpc) is 2.96. The van der Waals surface area contributed by atoms with Crippen molar-refractivity contribution in [3.8, 4) is 11.5 Å². The summed E-state index contributed by atoms with van der Waals surface area (Å²) in [4.78, 5) is 17.7. The van der Waals surface area contributed by atoms with Crippen molar-refractivity contribution < 1.29 is 14.3 Å². The van der Waals surface area contributed by atoms with Crippen LogP contribution in [0.2, 0.25) is 5.02 Å². The number of carbonyl (C=O) groups is 1. The third-order valence-corrected chi connectivity index (χ3v) is 5.07. The lowest BCUT2D eigenvalue weighted by molar-refractivity contribution is 0.0994. The molecule has 0 bridgehead atoms. The van der Waals surface area contributed by atoms with E-state index in [1.807, 2.05) is 29.7 Å². The summed E-state index contributed by atoms with van der Waals surface area (Å²) in [5.41, 5.74) is 1.36. The highest BCUT2D eigenvalue weighted by atomic mass is 35.5. The van der Waals surface area contributed by atoms with Crippen molar-refractivity contribution in [2.24, 2.45) is 4.99 Å². The molecule has 3 aromatic rings. The minimum absolute atomic E-state index is 0.361. The fraction of sp³-hybridized carbons (Fsp3) is 0.222. The number of carbonyl (C=O) groups excluding carboxylic acids is 1. The minimum Gasteiger partial charge on any atom is -0.493 e. The van der Waals surface area contributed by atoms with Gasteiger partial charge in [0.1, 0.15) is 0 Å². The Bertz CT molecular complexity index is 1010. The zero-order valence-electron chi connectivity index (χ0n) is 14.1. The highest BCUT2D eigenvalue weighted by Crippen LogP contribution is 2.31. The molecule has 0 saturated heterocycles. The topological polar surface area (TPSA) is 52.8 Å². The van der Waals surface area contributed by atoms with Crippen LogP contribution < -0.4 is 14.3 Å². The first-order valence-electron chi connectivity index (χ1n) is 7.68. The Labute approximate surface area is 154 Å². The molecular formula is C18H17ClN2O3S. The van der Waals surface area contributed by atoms with Crippen LogP contribution in [0, 0.1) is 0 Å². The van der Waals surface area contributed by atoms with Gasteiger partial charge in [0.2, 0.25) is 0 Å². The predicted octanol–water partition coefficient (Wildman–Crippen LogP) is 4.13. The fourth-order valence-corrected chi connectivity index (χ4v) is 4.01. The second kappa shape index (κ2) is 7.29. The van der Waals surface area contributed by atoms with Gasteiger partial charge in [-0.05, 0) is 37.3 Å². The van der Waals surface area contributed by atoms with E-state index in [2.05, 4.69) is 4.99 Å². The number of aryl methyl sites for hydroxylation is 1. The van der Waals surface area contributed by atoms with E-state index < -0.39 is 0 Å². The smallest absolute Gasteiger partial charge is 0.283 e. The van der Waals surface area contributed by atoms with Gasteiger partial charge in [-0.25, -0.2) is 0 Å². The van der Waals surface area contributed by atoms with Gasteiger partial charge in [-0.2, -0.15) is 4.99 Å². The maximum atomic E-state index is 12.7. The Kier molecular flexibility index (Phi) is 5.11. The molecule has 0 aliphatic heterocycles. The van der Waals surface area contributed by atoms with Crippen molar-refractivity contribution in [3.63, 3.8) is 0 Å². The molecule has 2 aromatic carbocycles. The number of amides is 1. The first-order valence-corrected chi connectivity index (χ1v) is 8.87. The first kappa shape index (κ1) is 17.5. The van der Waals surface area contributed by atoms with E-state index in [1.165, 1.54) is 25.6 Å². The molecule has 1 aromatic heterocycles. The molecule has 0 saturated carbocycles. The number of halogens is 1. The van der Waals surface area contributed by atoms with Crippen LogP contribution in [0.1, 0.15) is 17.3 Å². The Balaban J connectivity index is 2.15. The van der Waals surface area contributed by atoms with Gasteiger partial charge in [-0.1, -0.05) is 29.0 Å². The number of nitrogens with zero attached hydrogens (tertiary/aromatic N) is 2. The van der Waals surface area contributed by atoms with Gasteiger partial charge in [-0.3, -0.25) is 4.79 Å². The maximum Gasteiger partial charge on any atom is 0.283 e. The standard InChI is InChI=1S/C18H17ClN2O3S/c1-4-21-13-9-8-11(19)10-15(13)25-18(21)20-17(22)12-6-5-7-14(23-2)16(12)24-3/h5-10H,4H2,1-3H3. The van der Waals surface area contributed by atoms with Gasteiger partial charge in [-0.15, -0.1) is 0 Å². The number of hydrogen-bond acceptors (Lipinski definition) is 4. The van der Waals surface area contributed by atoms with Crippen LogP contribution in [0.15, 0.2) is 41.4 Å². The van der Waals surface area contributed by atoms with E-state index in [4.69, 9.17) is 21.1 Å². The van der Waals surface area contributed by atoms with Crippen molar-refractivity contribution in [2.75, 3.05) is 14.2 Å². The van der Waals surface area contributed by atoms with Crippen LogP contribution in [0.4, 0.5) is 0 Å². The molecule has 7 heteroatoms. The zero-order valence-corrected chi connectivity index (χ0v) is 15.6. The molecule has 0 aliphatic carbocycles. The molecule has 0 atom stereocenters. The van der Waals surface area contributed by atoms with Crippen LogP contribution in [-0.2, 0) is 6.54 Å². The largest absolute Gasteiger partial charge is 0.493 e. The van der Waals surface area contributed by atoms with Gasteiger partial charge in [0.05, 0.1) is 30.0 Å². The number of hydrogen-bond donors (Lipinski definition) is 0. The molecule has 25 heavy (non-hydrogen) atoms. The lowest BCUT2D eigenvalue weighted by Crippen LogP contribution is -2.16. The second-order valence-corrected chi connectivity index (χ2v) is 6.64. The van der Waals surface area contributed by atoms with Gasteiger partial charge in [0.15, 0.2) is 16.3 Å². The predicted molar refractivity (Wildman–Crippen MR) is 99.9 cm³/mol. The summed E-state index contributed by atoms with van der Waals surface area (Å²) < 4.78 is 13.5. The molecule has 0 N–H and O–H groups in total. The summed E-state index contributed by atoms with van der Waals surface area (Å²) in [5, 5.41) is 0.657. The first-order chi connectivity index (χ1) is 12.1. The van der Waals surface area contributed by atoms with Crippen LogP contribution in [0.25, 0.3) is 10.2 Å². The molecule has 1 amide bonds. The number of ether oxygens (including phenoxy) is 2. The molecule has 0 aliphatic rings. The summed E-state index contributed by atoms with van der Waals surface area (Å²) in [6, 6.07) is 10.8. The number of methoxy groups -OCH3 is 2. The van der Waals surface area contributed by atoms with Gasteiger partial charge >= 0.3 is 0 Å². The average molecular weight is 377 g/mol. The highest BCUT2D eigenvalue weighted by Gasteiger charge is 2.16. The summed E-state index contributed by atoms with van der Waals surface area (Å²) in [5.74, 6) is 0.497. The van der Waals surface area contributed by atoms with Crippen molar-refractivity contribution in [2.45, 2.75) is 13.5 Å². The Hall–Kier alpha value is -2.31. The number of benzene rings is 2. The Morgan fingerprint density at radius 1 is 1.24 bits per heavy atom. The van der Waals surface area contributed by atoms with E-state index in [0.717, 1.165) is 10.2 Å². The zero-order chi connectivity index (χ0) is 18.0. The van der Waals surface area contributed by atoms with Crippen LogP contribution in [-0.4, -0.2) is 24.7 Å². The molecule has 0 fully saturated rings. The minimum atomic E-state index is -0.379. The number of para-hydroxylation sites is 1. The molecule has 0 unspecified atom stereocenters. The molecule has 5 nitrogen and oxygen atoms in total. The van der Waals surface area contributed by atoms with Crippen LogP contribution >= 0.6 is 22.9 Å². The normalized spacial score (nSPS) is 11.8. The van der Waals surface area contributed by atoms with Crippen molar-refractivity contribution in [1.29, 1.82) is 0 Å². The van der Waals surface area contributed by atoms with E-state index in [0.29, 0.717) is 33.4 Å². The van der Waals surface area contributed by atoms with Crippen LogP contribution in [0.5, 0.6) is 11.5 Å². The third kappa shape index (κ3) is 3.27. The monoisotopic (exact) mass is 376 g/mol. The van der Waals surface area contributed by atoms with Gasteiger partial charge < -0.3 is 14.0 Å². The maximum absolute atomic E-state index is 12.7. The SMILES string of the molecule is CCn1c(=NC(=O)c2cccc(OC)c2OC)sc2cc(Cl)ccc21. The summed E-state index contributed by atoms with van der Waals surface area (Å²) in [6.45, 7) is 2.71. The molecule has 0 radical (unpaired) electrons. The van der Waals surface area contributed by atoms with E-state index in [-0.39, 0.29) is 5.91 Å². The third-order valence-electron chi connectivity index (χ3n) is 3.79. The summed E-state index contributed by atoms with van der Waals surface area (Å²) in [7, 11) is 3.03. The van der Waals surface area contributed by atoms with Crippen molar-refractivity contribution in [3.05, 3.63) is 51.8 Å². The van der Waals surface area contributed by atoms with Crippen molar-refractivity contribution >= 4 is 39.1 Å². The van der Waals surface area contributed by atoms with E-state index >= 15 is 0 Å². The molecule has 130 valence electrons. The van der Waals surface area contributed by atoms with Crippen molar-refractivity contribution in [1.82, 2.24) is 4.57 Å². The quantitative estimate of drug-likeness (QED) is 0.687. The summed E-state index contributed by atoms with van der Waals surface area (Å²) in [6.07, 6.45) is 0. The van der Waals surface area contributed by atoms with E-state index in [1.54, 1.807) is 18.2 Å². The molecular weight excluding hydrogens is 360 g/mol. The lowest BCUT2D eigenvalue weighted by atomic mass is 10.2. The molecule has 3 rings (SSSR count). The highest BCUT2D eigenvalue weighted by molar-refractivity contribution is 7.16. The number of aromatic nitrogens is 1. The Morgan fingerprint density at radius 3 is 2.72 bits per heavy atom. The number of rotatable bonds is 4. The molecule has 0 spiro atoms. The lowest BCUT2D eigenvalue weighted by Gasteiger charge is -2.09.